The normalized spacial score (nSPS) is 15.1. The van der Waals surface area contributed by atoms with Crippen molar-refractivity contribution in [2.75, 3.05) is 12.4 Å². The Hall–Kier alpha value is -2.51. The molecule has 1 aliphatic carbocycles. The molecule has 1 aromatic heterocycles. The number of benzene rings is 1. The first-order valence-electron chi connectivity index (χ1n) is 7.95. The van der Waals surface area contributed by atoms with Gasteiger partial charge in [0.15, 0.2) is 5.82 Å². The minimum absolute atomic E-state index is 0.0123. The number of tetrazole rings is 1. The molecule has 2 aromatic rings. The Morgan fingerprint density at radius 1 is 1.50 bits per heavy atom. The number of nitrogens with one attached hydrogen (secondary N) is 1. The highest BCUT2D eigenvalue weighted by Crippen LogP contribution is 2.30. The Balaban J connectivity index is 1.58. The number of carbonyl (C=O) groups excluding carboxylic acids is 1. The van der Waals surface area contributed by atoms with Crippen LogP contribution < -0.4 is 5.32 Å². The van der Waals surface area contributed by atoms with E-state index in [2.05, 4.69) is 25.6 Å². The standard InChI is InChI=1S/C16H20FN5O2/c1-24-16(23)14(17)8-12-3-2-4-13(7-12)18-9-15-19-20-21-22(15)10-11-5-6-11/h2-4,7,11,14,18H,5-6,8-10H2,1H3. The average molecular weight is 333 g/mol. The van der Waals surface area contributed by atoms with Gasteiger partial charge in [-0.2, -0.15) is 0 Å². The summed E-state index contributed by atoms with van der Waals surface area (Å²) in [6.07, 6.45) is 0.802. The number of hydrogen-bond donors (Lipinski definition) is 1. The molecule has 1 N–H and O–H groups in total. The molecule has 1 heterocycles. The van der Waals surface area contributed by atoms with E-state index < -0.39 is 12.1 Å². The van der Waals surface area contributed by atoms with Crippen molar-refractivity contribution >= 4 is 11.7 Å². The molecule has 0 aliphatic heterocycles. The molecule has 1 aromatic carbocycles. The number of hydrogen-bond acceptors (Lipinski definition) is 6. The molecule has 3 rings (SSSR count). The molecule has 8 heteroatoms. The van der Waals surface area contributed by atoms with Gasteiger partial charge in [-0.25, -0.2) is 13.9 Å². The number of carbonyl (C=O) groups is 1. The molecule has 1 atom stereocenters. The van der Waals surface area contributed by atoms with Gasteiger partial charge in [-0.15, -0.1) is 5.10 Å². The molecule has 0 saturated heterocycles. The fraction of sp³-hybridized carbons (Fsp3) is 0.500. The van der Waals surface area contributed by atoms with E-state index in [0.29, 0.717) is 12.5 Å². The van der Waals surface area contributed by atoms with Crippen LogP contribution in [0.4, 0.5) is 10.1 Å². The summed E-state index contributed by atoms with van der Waals surface area (Å²) in [5.74, 6) is 0.605. The predicted octanol–water partition coefficient (Wildman–Crippen LogP) is 1.75. The maximum absolute atomic E-state index is 13.7. The summed E-state index contributed by atoms with van der Waals surface area (Å²) >= 11 is 0. The largest absolute Gasteiger partial charge is 0.467 e. The maximum atomic E-state index is 13.7. The molecule has 24 heavy (non-hydrogen) atoms. The number of rotatable bonds is 8. The first-order chi connectivity index (χ1) is 11.7. The highest BCUT2D eigenvalue weighted by molar-refractivity contribution is 5.74. The van der Waals surface area contributed by atoms with Crippen molar-refractivity contribution in [2.45, 2.75) is 38.5 Å². The van der Waals surface area contributed by atoms with E-state index in [0.717, 1.165) is 23.6 Å². The van der Waals surface area contributed by atoms with E-state index in [1.54, 1.807) is 6.07 Å². The Labute approximate surface area is 139 Å². The van der Waals surface area contributed by atoms with Crippen molar-refractivity contribution in [1.29, 1.82) is 0 Å². The van der Waals surface area contributed by atoms with Gasteiger partial charge in [-0.05, 0) is 46.9 Å². The van der Waals surface area contributed by atoms with Crippen LogP contribution >= 0.6 is 0 Å². The second-order valence-corrected chi connectivity index (χ2v) is 5.97. The van der Waals surface area contributed by atoms with Crippen LogP contribution in [0.2, 0.25) is 0 Å². The van der Waals surface area contributed by atoms with Crippen LogP contribution in [0.5, 0.6) is 0 Å². The third-order valence-electron chi connectivity index (χ3n) is 3.98. The van der Waals surface area contributed by atoms with E-state index >= 15 is 0 Å². The maximum Gasteiger partial charge on any atom is 0.340 e. The zero-order valence-electron chi connectivity index (χ0n) is 13.5. The quantitative estimate of drug-likeness (QED) is 0.741. The van der Waals surface area contributed by atoms with E-state index in [1.165, 1.54) is 20.0 Å². The smallest absolute Gasteiger partial charge is 0.340 e. The number of aromatic nitrogens is 4. The van der Waals surface area contributed by atoms with Gasteiger partial charge >= 0.3 is 5.97 Å². The van der Waals surface area contributed by atoms with E-state index in [1.807, 2.05) is 22.9 Å². The number of esters is 1. The summed E-state index contributed by atoms with van der Waals surface area (Å²) in [5, 5.41) is 15.0. The van der Waals surface area contributed by atoms with Crippen molar-refractivity contribution in [3.8, 4) is 0 Å². The SMILES string of the molecule is COC(=O)C(F)Cc1cccc(NCc2nnnn2CC2CC2)c1. The van der Waals surface area contributed by atoms with Gasteiger partial charge in [-0.1, -0.05) is 12.1 Å². The average Bonchev–Trinajstić information content (AvgIpc) is 3.29. The fourth-order valence-corrected chi connectivity index (χ4v) is 2.44. The Morgan fingerprint density at radius 2 is 2.33 bits per heavy atom. The number of methoxy groups -OCH3 is 1. The van der Waals surface area contributed by atoms with Gasteiger partial charge in [-0.3, -0.25) is 0 Å². The lowest BCUT2D eigenvalue weighted by Crippen LogP contribution is -2.19. The fourth-order valence-electron chi connectivity index (χ4n) is 2.44. The molecule has 0 bridgehead atoms. The van der Waals surface area contributed by atoms with E-state index in [4.69, 9.17) is 0 Å². The van der Waals surface area contributed by atoms with Crippen LogP contribution in [0, 0.1) is 5.92 Å². The topological polar surface area (TPSA) is 81.9 Å². The molecule has 1 aliphatic rings. The zero-order chi connectivity index (χ0) is 16.9. The summed E-state index contributed by atoms with van der Waals surface area (Å²) in [5.41, 5.74) is 1.54. The van der Waals surface area contributed by atoms with Crippen molar-refractivity contribution in [1.82, 2.24) is 20.2 Å². The third-order valence-corrected chi connectivity index (χ3v) is 3.98. The van der Waals surface area contributed by atoms with Gasteiger partial charge in [0.25, 0.3) is 0 Å². The number of anilines is 1. The second-order valence-electron chi connectivity index (χ2n) is 5.97. The van der Waals surface area contributed by atoms with Gasteiger partial charge in [0.1, 0.15) is 0 Å². The molecule has 1 fully saturated rings. The summed E-state index contributed by atoms with van der Waals surface area (Å²) in [6.45, 7) is 1.34. The minimum Gasteiger partial charge on any atom is -0.467 e. The van der Waals surface area contributed by atoms with Crippen LogP contribution in [0.15, 0.2) is 24.3 Å². The lowest BCUT2D eigenvalue weighted by molar-refractivity contribution is -0.146. The summed E-state index contributed by atoms with van der Waals surface area (Å²) in [7, 11) is 1.18. The predicted molar refractivity (Wildman–Crippen MR) is 84.9 cm³/mol. The number of ether oxygens (including phenoxy) is 1. The van der Waals surface area contributed by atoms with Crippen molar-refractivity contribution in [3.63, 3.8) is 0 Å². The van der Waals surface area contributed by atoms with Crippen molar-refractivity contribution in [2.24, 2.45) is 5.92 Å². The minimum atomic E-state index is -1.66. The molecular formula is C16H20FN5O2. The zero-order valence-corrected chi connectivity index (χ0v) is 13.5. The van der Waals surface area contributed by atoms with Gasteiger partial charge < -0.3 is 10.1 Å². The van der Waals surface area contributed by atoms with Crippen molar-refractivity contribution < 1.29 is 13.9 Å². The van der Waals surface area contributed by atoms with Gasteiger partial charge in [0.2, 0.25) is 6.17 Å². The van der Waals surface area contributed by atoms with Crippen LogP contribution in [0.1, 0.15) is 24.2 Å². The Kier molecular flexibility index (Phi) is 5.02. The Bertz CT molecular complexity index is 701. The van der Waals surface area contributed by atoms with E-state index in [9.17, 15) is 9.18 Å². The number of nitrogens with zero attached hydrogens (tertiary/aromatic N) is 4. The molecule has 128 valence electrons. The molecule has 1 saturated carbocycles. The summed E-state index contributed by atoms with van der Waals surface area (Å²) < 4.78 is 19.9. The molecular weight excluding hydrogens is 313 g/mol. The lowest BCUT2D eigenvalue weighted by atomic mass is 10.1. The van der Waals surface area contributed by atoms with Crippen LogP contribution in [0.25, 0.3) is 0 Å². The molecule has 7 nitrogen and oxygen atoms in total. The molecule has 1 unspecified atom stereocenters. The van der Waals surface area contributed by atoms with E-state index in [-0.39, 0.29) is 6.42 Å². The first-order valence-corrected chi connectivity index (χ1v) is 7.95. The molecule has 0 radical (unpaired) electrons. The highest BCUT2D eigenvalue weighted by Gasteiger charge is 2.23. The molecule has 0 amide bonds. The van der Waals surface area contributed by atoms with Crippen LogP contribution in [-0.4, -0.2) is 39.5 Å². The number of alkyl halides is 1. The highest BCUT2D eigenvalue weighted by atomic mass is 19.1. The third kappa shape index (κ3) is 4.27. The van der Waals surface area contributed by atoms with Crippen LogP contribution in [-0.2, 0) is 29.0 Å². The summed E-state index contributed by atoms with van der Waals surface area (Å²) in [6, 6.07) is 7.28. The van der Waals surface area contributed by atoms with Gasteiger partial charge in [0, 0.05) is 18.7 Å². The Morgan fingerprint density at radius 3 is 3.08 bits per heavy atom. The number of halogens is 1. The molecule has 0 spiro atoms. The van der Waals surface area contributed by atoms with Gasteiger partial charge in [0.05, 0.1) is 13.7 Å². The first kappa shape index (κ1) is 16.4. The van der Waals surface area contributed by atoms with Crippen LogP contribution in [0.3, 0.4) is 0 Å². The second kappa shape index (κ2) is 7.37. The lowest BCUT2D eigenvalue weighted by Gasteiger charge is -2.10. The monoisotopic (exact) mass is 333 g/mol. The van der Waals surface area contributed by atoms with Crippen molar-refractivity contribution in [3.05, 3.63) is 35.7 Å². The summed E-state index contributed by atoms with van der Waals surface area (Å²) in [4.78, 5) is 11.2.